The molecule has 2 nitrogen and oxygen atoms in total. The second-order valence-electron chi connectivity index (χ2n) is 8.05. The van der Waals surface area contributed by atoms with E-state index in [4.69, 9.17) is 28.2 Å². The van der Waals surface area contributed by atoms with Gasteiger partial charge in [0, 0.05) is 28.0 Å². The fraction of sp³-hybridized carbons (Fsp3) is 0.207. The zero-order chi connectivity index (χ0) is 24.3. The van der Waals surface area contributed by atoms with Gasteiger partial charge in [0.15, 0.2) is 5.17 Å². The molecule has 0 heterocycles. The van der Waals surface area contributed by atoms with Crippen LogP contribution in [0.2, 0.25) is 10.0 Å². The molecular weight excluding hydrogens is 479 g/mol. The monoisotopic (exact) mass is 508 g/mol. The number of benzene rings is 2. The number of nitrogens with zero attached hydrogens (tertiary/aromatic N) is 2. The van der Waals surface area contributed by atoms with Gasteiger partial charge < -0.3 is 4.90 Å². The molecule has 0 saturated carbocycles. The third-order valence-electron chi connectivity index (χ3n) is 5.23. The highest BCUT2D eigenvalue weighted by Crippen LogP contribution is 2.30. The average Bonchev–Trinajstić information content (AvgIpc) is 2.80. The van der Waals surface area contributed by atoms with E-state index in [-0.39, 0.29) is 0 Å². The van der Waals surface area contributed by atoms with Crippen LogP contribution in [0.5, 0.6) is 0 Å². The quantitative estimate of drug-likeness (QED) is 0.152. The molecule has 2 aromatic carbocycles. The van der Waals surface area contributed by atoms with Crippen LogP contribution in [0.3, 0.4) is 0 Å². The van der Waals surface area contributed by atoms with Gasteiger partial charge in [-0.3, -0.25) is 0 Å². The molecule has 0 saturated heterocycles. The van der Waals surface area contributed by atoms with Gasteiger partial charge in [0.25, 0.3) is 0 Å². The zero-order valence-electron chi connectivity index (χ0n) is 19.7. The van der Waals surface area contributed by atoms with E-state index in [0.29, 0.717) is 16.6 Å². The predicted molar refractivity (Wildman–Crippen MR) is 152 cm³/mol. The summed E-state index contributed by atoms with van der Waals surface area (Å²) in [6.07, 6.45) is 16.7. The van der Waals surface area contributed by atoms with Crippen molar-refractivity contribution in [2.45, 2.75) is 31.6 Å². The summed E-state index contributed by atoms with van der Waals surface area (Å²) < 4.78 is 0. The molecule has 0 bridgehead atoms. The Bertz CT molecular complexity index is 1140. The first-order valence-electron chi connectivity index (χ1n) is 11.3. The number of halogens is 2. The normalized spacial score (nSPS) is 14.4. The van der Waals surface area contributed by atoms with E-state index in [0.717, 1.165) is 35.1 Å². The van der Waals surface area contributed by atoms with Crippen LogP contribution >= 0.6 is 35.0 Å². The SMILES string of the molecule is C=C/C=C\C(=C/C)CN(CC1=CC=CCC1)C(=Nc1cc(Cl)cc(Cl)c1)Sc1cccc(C)c1. The Balaban J connectivity index is 2.06. The summed E-state index contributed by atoms with van der Waals surface area (Å²) in [5, 5.41) is 2.03. The topological polar surface area (TPSA) is 15.6 Å². The molecule has 0 aromatic heterocycles. The lowest BCUT2D eigenvalue weighted by Crippen LogP contribution is -2.32. The van der Waals surface area contributed by atoms with Gasteiger partial charge in [-0.25, -0.2) is 4.99 Å². The maximum atomic E-state index is 6.30. The Morgan fingerprint density at radius 2 is 1.97 bits per heavy atom. The van der Waals surface area contributed by atoms with Crippen molar-refractivity contribution in [1.82, 2.24) is 4.90 Å². The third-order valence-corrected chi connectivity index (χ3v) is 6.68. The van der Waals surface area contributed by atoms with Crippen molar-refractivity contribution < 1.29 is 0 Å². The molecule has 0 atom stereocenters. The molecule has 176 valence electrons. The van der Waals surface area contributed by atoms with Crippen LogP contribution in [-0.4, -0.2) is 23.2 Å². The van der Waals surface area contributed by atoms with Crippen molar-refractivity contribution in [1.29, 1.82) is 0 Å². The number of thioether (sulfide) groups is 1. The van der Waals surface area contributed by atoms with Gasteiger partial charge in [-0.1, -0.05) is 107 Å². The third kappa shape index (κ3) is 8.39. The summed E-state index contributed by atoms with van der Waals surface area (Å²) in [5.74, 6) is 0. The first-order chi connectivity index (χ1) is 16.5. The number of amidine groups is 1. The van der Waals surface area contributed by atoms with Crippen molar-refractivity contribution >= 4 is 45.8 Å². The van der Waals surface area contributed by atoms with E-state index < -0.39 is 0 Å². The molecule has 1 aliphatic rings. The number of allylic oxidation sites excluding steroid dienone is 6. The molecule has 0 N–H and O–H groups in total. The van der Waals surface area contributed by atoms with Crippen molar-refractivity contribution in [3.8, 4) is 0 Å². The molecule has 2 aromatic rings. The first-order valence-corrected chi connectivity index (χ1v) is 12.9. The number of rotatable bonds is 8. The fourth-order valence-electron chi connectivity index (χ4n) is 3.53. The second-order valence-corrected chi connectivity index (χ2v) is 9.96. The Morgan fingerprint density at radius 3 is 2.62 bits per heavy atom. The highest BCUT2D eigenvalue weighted by molar-refractivity contribution is 8.13. The molecule has 0 aliphatic heterocycles. The molecule has 0 amide bonds. The van der Waals surface area contributed by atoms with Gasteiger partial charge in [0.1, 0.15) is 0 Å². The van der Waals surface area contributed by atoms with Crippen LogP contribution in [0.1, 0.15) is 25.3 Å². The summed E-state index contributed by atoms with van der Waals surface area (Å²) in [6.45, 7) is 9.48. The first kappa shape index (κ1) is 26.2. The summed E-state index contributed by atoms with van der Waals surface area (Å²) >= 11 is 14.2. The predicted octanol–water partition coefficient (Wildman–Crippen LogP) is 9.35. The van der Waals surface area contributed by atoms with Gasteiger partial charge in [-0.2, -0.15) is 0 Å². The summed E-state index contributed by atoms with van der Waals surface area (Å²) in [7, 11) is 0. The minimum absolute atomic E-state index is 0.570. The molecule has 0 radical (unpaired) electrons. The Morgan fingerprint density at radius 1 is 1.18 bits per heavy atom. The van der Waals surface area contributed by atoms with E-state index in [9.17, 15) is 0 Å². The largest absolute Gasteiger partial charge is 0.343 e. The molecule has 0 spiro atoms. The maximum Gasteiger partial charge on any atom is 0.169 e. The number of aliphatic imine (C=N–C) groups is 1. The molecule has 3 rings (SSSR count). The molecule has 0 unspecified atom stereocenters. The van der Waals surface area contributed by atoms with E-state index in [1.807, 2.05) is 18.2 Å². The van der Waals surface area contributed by atoms with Gasteiger partial charge in [0.2, 0.25) is 0 Å². The van der Waals surface area contributed by atoms with Crippen LogP contribution < -0.4 is 0 Å². The van der Waals surface area contributed by atoms with Crippen LogP contribution in [-0.2, 0) is 0 Å². The number of hydrogen-bond donors (Lipinski definition) is 0. The molecule has 0 fully saturated rings. The van der Waals surface area contributed by atoms with Crippen LogP contribution in [0.15, 0.2) is 113 Å². The highest BCUT2D eigenvalue weighted by atomic mass is 35.5. The molecule has 34 heavy (non-hydrogen) atoms. The minimum Gasteiger partial charge on any atom is -0.343 e. The smallest absolute Gasteiger partial charge is 0.169 e. The summed E-state index contributed by atoms with van der Waals surface area (Å²) in [4.78, 5) is 8.52. The van der Waals surface area contributed by atoms with E-state index in [1.54, 1.807) is 23.9 Å². The van der Waals surface area contributed by atoms with Crippen LogP contribution in [0, 0.1) is 6.92 Å². The molecular formula is C29H30Cl2N2S. The van der Waals surface area contributed by atoms with E-state index in [2.05, 4.69) is 80.0 Å². The van der Waals surface area contributed by atoms with Crippen molar-refractivity contribution in [2.75, 3.05) is 13.1 Å². The van der Waals surface area contributed by atoms with Gasteiger partial charge >= 0.3 is 0 Å². The molecule has 1 aliphatic carbocycles. The van der Waals surface area contributed by atoms with Gasteiger partial charge in [0.05, 0.1) is 5.69 Å². The molecule has 5 heteroatoms. The van der Waals surface area contributed by atoms with E-state index in [1.165, 1.54) is 16.7 Å². The zero-order valence-corrected chi connectivity index (χ0v) is 22.0. The number of aryl methyl sites for hydroxylation is 1. The van der Waals surface area contributed by atoms with E-state index >= 15 is 0 Å². The lowest BCUT2D eigenvalue weighted by atomic mass is 10.0. The summed E-state index contributed by atoms with van der Waals surface area (Å²) in [5.41, 5.74) is 4.52. The van der Waals surface area contributed by atoms with Gasteiger partial charge in [-0.05, 0) is 62.6 Å². The Kier molecular flexibility index (Phi) is 10.3. The Hall–Kier alpha value is -2.46. The summed E-state index contributed by atoms with van der Waals surface area (Å²) in [6, 6.07) is 13.9. The number of hydrogen-bond acceptors (Lipinski definition) is 2. The van der Waals surface area contributed by atoms with Crippen LogP contribution in [0.4, 0.5) is 5.69 Å². The van der Waals surface area contributed by atoms with Gasteiger partial charge in [-0.15, -0.1) is 0 Å². The lowest BCUT2D eigenvalue weighted by Gasteiger charge is -2.28. The minimum atomic E-state index is 0.570. The lowest BCUT2D eigenvalue weighted by molar-refractivity contribution is 0.494. The van der Waals surface area contributed by atoms with Crippen molar-refractivity contribution in [3.05, 3.63) is 118 Å². The highest BCUT2D eigenvalue weighted by Gasteiger charge is 2.17. The average molecular weight is 510 g/mol. The Labute approximate surface area is 218 Å². The second kappa shape index (κ2) is 13.4. The maximum absolute atomic E-state index is 6.30. The van der Waals surface area contributed by atoms with Crippen LogP contribution in [0.25, 0.3) is 0 Å². The van der Waals surface area contributed by atoms with Crippen molar-refractivity contribution in [3.63, 3.8) is 0 Å². The standard InChI is InChI=1S/C29H30Cl2N2S/c1-4-6-12-23(5-2)20-33(21-24-13-8-7-9-14-24)29(34-28-15-10-11-22(3)16-28)32-27-18-25(30)17-26(31)19-27/h4-8,10-13,15-19H,1,9,14,20-21H2,2-3H3/b12-6-,23-5+,32-29?. The van der Waals surface area contributed by atoms with Crippen molar-refractivity contribution in [2.24, 2.45) is 4.99 Å². The fourth-order valence-corrected chi connectivity index (χ4v) is 5.06.